The van der Waals surface area contributed by atoms with Crippen LogP contribution in [0.5, 0.6) is 0 Å². The molecule has 0 bridgehead atoms. The summed E-state index contributed by atoms with van der Waals surface area (Å²) < 4.78 is 10.2. The third-order valence-electron chi connectivity index (χ3n) is 3.61. The Morgan fingerprint density at radius 2 is 2.04 bits per heavy atom. The molecule has 128 valence electrons. The Bertz CT molecular complexity index is 551. The smallest absolute Gasteiger partial charge is 0.418 e. The van der Waals surface area contributed by atoms with Crippen LogP contribution in [0.1, 0.15) is 41.0 Å². The summed E-state index contributed by atoms with van der Waals surface area (Å²) in [6, 6.07) is -1.04. The van der Waals surface area contributed by atoms with Gasteiger partial charge in [-0.25, -0.2) is 14.5 Å². The summed E-state index contributed by atoms with van der Waals surface area (Å²) in [7, 11) is 0. The van der Waals surface area contributed by atoms with Crippen molar-refractivity contribution >= 4 is 23.7 Å². The van der Waals surface area contributed by atoms with Crippen LogP contribution >= 0.6 is 0 Å². The second-order valence-corrected chi connectivity index (χ2v) is 6.55. The van der Waals surface area contributed by atoms with Crippen LogP contribution in [0.4, 0.5) is 4.79 Å². The van der Waals surface area contributed by atoms with E-state index in [4.69, 9.17) is 14.3 Å². The van der Waals surface area contributed by atoms with E-state index in [0.717, 1.165) is 4.90 Å². The summed E-state index contributed by atoms with van der Waals surface area (Å²) >= 11 is 0. The number of rotatable bonds is 2. The SMILES string of the molecule is CCOC(=O)[C@@H]1C[C@H]2C(=NO[C@H]2C)C(=O)N1C(=O)OC(C)(C)C. The van der Waals surface area contributed by atoms with Crippen molar-refractivity contribution in [1.82, 2.24) is 4.90 Å². The van der Waals surface area contributed by atoms with Gasteiger partial charge in [0.05, 0.1) is 12.5 Å². The van der Waals surface area contributed by atoms with Crippen molar-refractivity contribution in [2.45, 2.75) is 58.8 Å². The van der Waals surface area contributed by atoms with Crippen molar-refractivity contribution in [2.24, 2.45) is 11.1 Å². The summed E-state index contributed by atoms with van der Waals surface area (Å²) in [5, 5.41) is 3.75. The largest absolute Gasteiger partial charge is 0.464 e. The Morgan fingerprint density at radius 1 is 1.39 bits per heavy atom. The molecule has 2 amide bonds. The van der Waals surface area contributed by atoms with Crippen molar-refractivity contribution in [3.05, 3.63) is 0 Å². The predicted octanol–water partition coefficient (Wildman–Crippen LogP) is 1.48. The number of esters is 1. The minimum absolute atomic E-state index is 0.143. The van der Waals surface area contributed by atoms with Crippen molar-refractivity contribution in [3.8, 4) is 0 Å². The molecular formula is C15H22N2O6. The molecule has 0 aromatic rings. The third-order valence-corrected chi connectivity index (χ3v) is 3.61. The number of amides is 2. The quantitative estimate of drug-likeness (QED) is 0.713. The molecule has 2 aliphatic rings. The molecule has 8 heteroatoms. The lowest BCUT2D eigenvalue weighted by atomic mass is 9.86. The molecule has 1 saturated heterocycles. The number of ether oxygens (including phenoxy) is 2. The minimum Gasteiger partial charge on any atom is -0.464 e. The van der Waals surface area contributed by atoms with E-state index in [1.54, 1.807) is 34.6 Å². The van der Waals surface area contributed by atoms with Gasteiger partial charge < -0.3 is 14.3 Å². The monoisotopic (exact) mass is 326 g/mol. The van der Waals surface area contributed by atoms with E-state index in [1.165, 1.54) is 0 Å². The number of oxime groups is 1. The molecule has 2 aliphatic heterocycles. The molecule has 8 nitrogen and oxygen atoms in total. The van der Waals surface area contributed by atoms with Gasteiger partial charge >= 0.3 is 12.1 Å². The van der Waals surface area contributed by atoms with Crippen molar-refractivity contribution in [2.75, 3.05) is 6.61 Å². The number of imide groups is 1. The average Bonchev–Trinajstić information content (AvgIpc) is 2.78. The molecule has 23 heavy (non-hydrogen) atoms. The first-order valence-electron chi connectivity index (χ1n) is 7.62. The molecule has 0 aromatic heterocycles. The first kappa shape index (κ1) is 17.2. The second kappa shape index (κ2) is 6.17. The van der Waals surface area contributed by atoms with Gasteiger partial charge in [0.1, 0.15) is 17.7 Å². The van der Waals surface area contributed by atoms with E-state index in [1.807, 2.05) is 0 Å². The van der Waals surface area contributed by atoms with Crippen LogP contribution in [0.15, 0.2) is 5.16 Å². The van der Waals surface area contributed by atoms with Gasteiger partial charge in [-0.15, -0.1) is 0 Å². The van der Waals surface area contributed by atoms with E-state index < -0.39 is 29.6 Å². The van der Waals surface area contributed by atoms with Crippen molar-refractivity contribution in [3.63, 3.8) is 0 Å². The van der Waals surface area contributed by atoms with Crippen LogP contribution in [0, 0.1) is 5.92 Å². The minimum atomic E-state index is -1.04. The van der Waals surface area contributed by atoms with Crippen LogP contribution in [0.25, 0.3) is 0 Å². The molecule has 0 unspecified atom stereocenters. The number of fused-ring (bicyclic) bond motifs is 1. The van der Waals surface area contributed by atoms with Gasteiger partial charge in [-0.05, 0) is 41.0 Å². The summed E-state index contributed by atoms with van der Waals surface area (Å²) in [4.78, 5) is 43.1. The lowest BCUT2D eigenvalue weighted by molar-refractivity contribution is -0.154. The van der Waals surface area contributed by atoms with E-state index in [9.17, 15) is 14.4 Å². The predicted molar refractivity (Wildman–Crippen MR) is 79.6 cm³/mol. The van der Waals surface area contributed by atoms with Crippen LogP contribution in [-0.4, -0.2) is 52.9 Å². The van der Waals surface area contributed by atoms with Gasteiger partial charge in [-0.1, -0.05) is 5.16 Å². The van der Waals surface area contributed by atoms with E-state index in [0.29, 0.717) is 0 Å². The van der Waals surface area contributed by atoms with Gasteiger partial charge in [-0.2, -0.15) is 0 Å². The number of hydrogen-bond acceptors (Lipinski definition) is 7. The zero-order chi connectivity index (χ0) is 17.4. The summed E-state index contributed by atoms with van der Waals surface area (Å²) in [6.07, 6.45) is -1.00. The number of nitrogens with zero attached hydrogens (tertiary/aromatic N) is 2. The highest BCUT2D eigenvalue weighted by Crippen LogP contribution is 2.32. The molecule has 0 aromatic carbocycles. The maximum absolute atomic E-state index is 12.6. The van der Waals surface area contributed by atoms with Crippen LogP contribution in [0.3, 0.4) is 0 Å². The first-order valence-corrected chi connectivity index (χ1v) is 7.62. The van der Waals surface area contributed by atoms with Crippen molar-refractivity contribution < 1.29 is 28.7 Å². The number of likely N-dealkylation sites (tertiary alicyclic amines) is 1. The van der Waals surface area contributed by atoms with E-state index in [2.05, 4.69) is 5.16 Å². The second-order valence-electron chi connectivity index (χ2n) is 6.55. The number of carbonyl (C=O) groups is 3. The van der Waals surface area contributed by atoms with Gasteiger partial charge in [0, 0.05) is 0 Å². The lowest BCUT2D eigenvalue weighted by Crippen LogP contribution is -2.59. The maximum Gasteiger partial charge on any atom is 0.418 e. The molecule has 0 spiro atoms. The topological polar surface area (TPSA) is 94.5 Å². The van der Waals surface area contributed by atoms with Crippen LogP contribution in [-0.2, 0) is 23.9 Å². The summed E-state index contributed by atoms with van der Waals surface area (Å²) in [6.45, 7) is 8.62. The Labute approximate surface area is 134 Å². The number of piperidine rings is 1. The Hall–Kier alpha value is -2.12. The Balaban J connectivity index is 2.31. The number of carbonyl (C=O) groups excluding carboxylic acids is 3. The van der Waals surface area contributed by atoms with E-state index >= 15 is 0 Å². The van der Waals surface area contributed by atoms with Crippen molar-refractivity contribution in [1.29, 1.82) is 0 Å². The molecule has 1 fully saturated rings. The standard InChI is InChI=1S/C15H22N2O6/c1-6-21-13(19)10-7-9-8(2)23-16-11(9)12(18)17(10)14(20)22-15(3,4)5/h8-10H,6-7H2,1-5H3/t8-,9+,10-/m0/s1. The average molecular weight is 326 g/mol. The summed E-state index contributed by atoms with van der Waals surface area (Å²) in [5.41, 5.74) is -0.654. The molecule has 0 radical (unpaired) electrons. The lowest BCUT2D eigenvalue weighted by Gasteiger charge is -2.35. The van der Waals surface area contributed by atoms with E-state index in [-0.39, 0.29) is 30.8 Å². The van der Waals surface area contributed by atoms with Gasteiger partial charge in [0.25, 0.3) is 5.91 Å². The third kappa shape index (κ3) is 3.46. The highest BCUT2D eigenvalue weighted by atomic mass is 16.6. The fraction of sp³-hybridized carbons (Fsp3) is 0.733. The molecule has 0 saturated carbocycles. The van der Waals surface area contributed by atoms with Gasteiger partial charge in [0.2, 0.25) is 0 Å². The zero-order valence-corrected chi connectivity index (χ0v) is 14.0. The Morgan fingerprint density at radius 3 is 2.61 bits per heavy atom. The molecule has 0 N–H and O–H groups in total. The highest BCUT2D eigenvalue weighted by molar-refractivity contribution is 6.43. The normalized spacial score (nSPS) is 27.0. The molecule has 2 rings (SSSR count). The zero-order valence-electron chi connectivity index (χ0n) is 14.0. The van der Waals surface area contributed by atoms with Crippen LogP contribution < -0.4 is 0 Å². The molecular weight excluding hydrogens is 304 g/mol. The summed E-state index contributed by atoms with van der Waals surface area (Å²) in [5.74, 6) is -1.64. The molecule has 0 aliphatic carbocycles. The fourth-order valence-electron chi connectivity index (χ4n) is 2.58. The van der Waals surface area contributed by atoms with Crippen LogP contribution in [0.2, 0.25) is 0 Å². The van der Waals surface area contributed by atoms with Gasteiger partial charge in [-0.3, -0.25) is 4.79 Å². The molecule has 2 heterocycles. The maximum atomic E-state index is 12.6. The highest BCUT2D eigenvalue weighted by Gasteiger charge is 2.51. The number of hydrogen-bond donors (Lipinski definition) is 0. The van der Waals surface area contributed by atoms with Gasteiger partial charge in [0.15, 0.2) is 5.71 Å². The first-order chi connectivity index (χ1) is 10.7. The Kier molecular flexibility index (Phi) is 4.63. The molecule has 3 atom stereocenters. The fourth-order valence-corrected chi connectivity index (χ4v) is 2.58.